The molecular weight excluding hydrogens is 285 g/mol. The van der Waals surface area contributed by atoms with Crippen LogP contribution in [0.15, 0.2) is 18.2 Å². The molecule has 1 aromatic heterocycles. The predicted octanol–water partition coefficient (Wildman–Crippen LogP) is 3.65. The molecule has 1 atom stereocenters. The summed E-state index contributed by atoms with van der Waals surface area (Å²) in [5.41, 5.74) is 0.436. The first-order chi connectivity index (χ1) is 8.90. The molecule has 1 unspecified atom stereocenters. The second-order valence-electron chi connectivity index (χ2n) is 4.32. The molecule has 0 saturated carbocycles. The summed E-state index contributed by atoms with van der Waals surface area (Å²) >= 11 is 11.9. The van der Waals surface area contributed by atoms with Crippen molar-refractivity contribution in [2.24, 2.45) is 0 Å². The Balaban J connectivity index is 2.36. The van der Waals surface area contributed by atoms with Crippen LogP contribution < -0.4 is 0 Å². The molecule has 0 aliphatic carbocycles. The maximum atomic E-state index is 12.4. The molecule has 1 heterocycles. The van der Waals surface area contributed by atoms with E-state index in [9.17, 15) is 4.79 Å². The van der Waals surface area contributed by atoms with Gasteiger partial charge in [0.05, 0.1) is 5.02 Å². The third-order valence-electron chi connectivity index (χ3n) is 2.85. The van der Waals surface area contributed by atoms with E-state index in [1.54, 1.807) is 36.7 Å². The first kappa shape index (κ1) is 14.0. The lowest BCUT2D eigenvalue weighted by Gasteiger charge is -2.13. The summed E-state index contributed by atoms with van der Waals surface area (Å²) in [5, 5.41) is 5.07. The van der Waals surface area contributed by atoms with Gasteiger partial charge in [-0.15, -0.1) is 0 Å². The second-order valence-corrected chi connectivity index (χ2v) is 5.16. The van der Waals surface area contributed by atoms with Crippen molar-refractivity contribution in [1.82, 2.24) is 14.8 Å². The number of halogens is 2. The SMILES string of the molecule is Cc1nc(C)n(C(C)C(=O)c2ccc(Cl)cc2Cl)n1. The summed E-state index contributed by atoms with van der Waals surface area (Å²) < 4.78 is 1.60. The Hall–Kier alpha value is -1.39. The van der Waals surface area contributed by atoms with Crippen molar-refractivity contribution >= 4 is 29.0 Å². The van der Waals surface area contributed by atoms with E-state index in [0.717, 1.165) is 0 Å². The Labute approximate surface area is 121 Å². The minimum absolute atomic E-state index is 0.116. The van der Waals surface area contributed by atoms with Crippen LogP contribution in [0.4, 0.5) is 0 Å². The van der Waals surface area contributed by atoms with Crippen molar-refractivity contribution in [2.75, 3.05) is 0 Å². The molecule has 100 valence electrons. The van der Waals surface area contributed by atoms with Gasteiger partial charge in [-0.2, -0.15) is 5.10 Å². The van der Waals surface area contributed by atoms with Gasteiger partial charge >= 0.3 is 0 Å². The molecule has 19 heavy (non-hydrogen) atoms. The molecule has 0 amide bonds. The molecule has 0 aliphatic rings. The van der Waals surface area contributed by atoms with Gasteiger partial charge in [-0.25, -0.2) is 9.67 Å². The van der Waals surface area contributed by atoms with E-state index in [1.165, 1.54) is 0 Å². The van der Waals surface area contributed by atoms with E-state index in [4.69, 9.17) is 23.2 Å². The number of ketones is 1. The van der Waals surface area contributed by atoms with Gasteiger partial charge < -0.3 is 0 Å². The van der Waals surface area contributed by atoms with Crippen LogP contribution in [0.1, 0.15) is 35.0 Å². The van der Waals surface area contributed by atoms with E-state index in [1.807, 2.05) is 6.92 Å². The standard InChI is InChI=1S/C13H13Cl2N3O/c1-7(18-9(3)16-8(2)17-18)13(19)11-5-4-10(14)6-12(11)15/h4-7H,1-3H3. The Morgan fingerprint density at radius 3 is 2.53 bits per heavy atom. The third kappa shape index (κ3) is 2.80. The molecule has 1 aromatic carbocycles. The van der Waals surface area contributed by atoms with Crippen LogP contribution in [0.2, 0.25) is 10.0 Å². The zero-order chi connectivity index (χ0) is 14.2. The van der Waals surface area contributed by atoms with Crippen LogP contribution in [-0.2, 0) is 0 Å². The molecule has 2 rings (SSSR count). The fraction of sp³-hybridized carbons (Fsp3) is 0.308. The zero-order valence-electron chi connectivity index (χ0n) is 10.8. The van der Waals surface area contributed by atoms with Crippen LogP contribution in [0.25, 0.3) is 0 Å². The molecule has 0 bridgehead atoms. The fourth-order valence-corrected chi connectivity index (χ4v) is 2.43. The van der Waals surface area contributed by atoms with Gasteiger partial charge in [0.2, 0.25) is 0 Å². The van der Waals surface area contributed by atoms with Crippen LogP contribution in [0.3, 0.4) is 0 Å². The number of carbonyl (C=O) groups is 1. The maximum absolute atomic E-state index is 12.4. The smallest absolute Gasteiger partial charge is 0.188 e. The number of nitrogens with zero attached hydrogens (tertiary/aromatic N) is 3. The summed E-state index contributed by atoms with van der Waals surface area (Å²) in [7, 11) is 0. The molecule has 0 N–H and O–H groups in total. The largest absolute Gasteiger partial charge is 0.292 e. The highest BCUT2D eigenvalue weighted by Gasteiger charge is 2.22. The average molecular weight is 298 g/mol. The minimum atomic E-state index is -0.458. The topological polar surface area (TPSA) is 47.8 Å². The molecule has 6 heteroatoms. The highest BCUT2D eigenvalue weighted by molar-refractivity contribution is 6.36. The molecule has 4 nitrogen and oxygen atoms in total. The normalized spacial score (nSPS) is 12.5. The summed E-state index contributed by atoms with van der Waals surface area (Å²) in [4.78, 5) is 16.6. The van der Waals surface area contributed by atoms with Crippen molar-refractivity contribution in [3.8, 4) is 0 Å². The molecule has 2 aromatic rings. The zero-order valence-corrected chi connectivity index (χ0v) is 12.3. The Bertz CT molecular complexity index is 637. The van der Waals surface area contributed by atoms with Gasteiger partial charge in [-0.05, 0) is 39.0 Å². The number of Topliss-reactive ketones (excluding diaryl/α,β-unsaturated/α-hetero) is 1. The van der Waals surface area contributed by atoms with E-state index in [-0.39, 0.29) is 5.78 Å². The first-order valence-electron chi connectivity index (χ1n) is 5.79. The van der Waals surface area contributed by atoms with E-state index in [2.05, 4.69) is 10.1 Å². The van der Waals surface area contributed by atoms with Crippen LogP contribution in [0.5, 0.6) is 0 Å². The van der Waals surface area contributed by atoms with Crippen LogP contribution in [0, 0.1) is 13.8 Å². The van der Waals surface area contributed by atoms with Gasteiger partial charge in [0.15, 0.2) is 5.78 Å². The van der Waals surface area contributed by atoms with Crippen molar-refractivity contribution in [3.63, 3.8) is 0 Å². The van der Waals surface area contributed by atoms with Crippen molar-refractivity contribution in [1.29, 1.82) is 0 Å². The minimum Gasteiger partial charge on any atom is -0.292 e. The van der Waals surface area contributed by atoms with Gasteiger partial charge in [0.1, 0.15) is 17.7 Å². The highest BCUT2D eigenvalue weighted by atomic mass is 35.5. The Morgan fingerprint density at radius 1 is 1.32 bits per heavy atom. The van der Waals surface area contributed by atoms with Crippen molar-refractivity contribution in [2.45, 2.75) is 26.8 Å². The number of aromatic nitrogens is 3. The van der Waals surface area contributed by atoms with Gasteiger partial charge in [0, 0.05) is 10.6 Å². The quantitative estimate of drug-likeness (QED) is 0.813. The number of carbonyl (C=O) groups excluding carboxylic acids is 1. The van der Waals surface area contributed by atoms with Crippen LogP contribution >= 0.6 is 23.2 Å². The van der Waals surface area contributed by atoms with Gasteiger partial charge in [-0.1, -0.05) is 23.2 Å². The number of hydrogen-bond donors (Lipinski definition) is 0. The first-order valence-corrected chi connectivity index (χ1v) is 6.54. The third-order valence-corrected chi connectivity index (χ3v) is 3.40. The van der Waals surface area contributed by atoms with Crippen molar-refractivity contribution < 1.29 is 4.79 Å². The van der Waals surface area contributed by atoms with Gasteiger partial charge in [-0.3, -0.25) is 4.79 Å². The van der Waals surface area contributed by atoms with Crippen molar-refractivity contribution in [3.05, 3.63) is 45.5 Å². The molecule has 0 spiro atoms. The predicted molar refractivity (Wildman–Crippen MR) is 75.0 cm³/mol. The van der Waals surface area contributed by atoms with E-state index in [0.29, 0.717) is 27.3 Å². The molecule has 0 saturated heterocycles. The number of benzene rings is 1. The summed E-state index contributed by atoms with van der Waals surface area (Å²) in [6, 6.07) is 4.37. The highest BCUT2D eigenvalue weighted by Crippen LogP contribution is 2.25. The second kappa shape index (κ2) is 5.31. The Kier molecular flexibility index (Phi) is 3.92. The van der Waals surface area contributed by atoms with Gasteiger partial charge in [0.25, 0.3) is 0 Å². The monoisotopic (exact) mass is 297 g/mol. The lowest BCUT2D eigenvalue weighted by atomic mass is 10.1. The van der Waals surface area contributed by atoms with Crippen LogP contribution in [-0.4, -0.2) is 20.5 Å². The Morgan fingerprint density at radius 2 is 2.00 bits per heavy atom. The summed E-state index contributed by atoms with van der Waals surface area (Å²) in [5.74, 6) is 1.22. The number of rotatable bonds is 3. The number of aryl methyl sites for hydroxylation is 2. The molecule has 0 aliphatic heterocycles. The maximum Gasteiger partial charge on any atom is 0.188 e. The fourth-order valence-electron chi connectivity index (χ4n) is 1.93. The molecule has 0 fully saturated rings. The average Bonchev–Trinajstić information content (AvgIpc) is 2.67. The summed E-state index contributed by atoms with van der Waals surface area (Å²) in [6.07, 6.45) is 0. The van der Waals surface area contributed by atoms with E-state index >= 15 is 0 Å². The summed E-state index contributed by atoms with van der Waals surface area (Å²) in [6.45, 7) is 5.37. The lowest BCUT2D eigenvalue weighted by Crippen LogP contribution is -2.19. The lowest BCUT2D eigenvalue weighted by molar-refractivity contribution is 0.0926. The number of hydrogen-bond acceptors (Lipinski definition) is 3. The molecular formula is C13H13Cl2N3O. The van der Waals surface area contributed by atoms with E-state index < -0.39 is 6.04 Å². The molecule has 0 radical (unpaired) electrons.